The van der Waals surface area contributed by atoms with Crippen LogP contribution in [-0.4, -0.2) is 43.1 Å². The van der Waals surface area contributed by atoms with Crippen LogP contribution in [0.3, 0.4) is 0 Å². The summed E-state index contributed by atoms with van der Waals surface area (Å²) in [7, 11) is 0. The topological polar surface area (TPSA) is 72.5 Å². The molecule has 1 heterocycles. The van der Waals surface area contributed by atoms with Crippen molar-refractivity contribution in [1.29, 1.82) is 0 Å². The van der Waals surface area contributed by atoms with E-state index in [0.717, 1.165) is 39.1 Å². The lowest BCUT2D eigenvalue weighted by Gasteiger charge is -2.47. The molecule has 0 N–H and O–H groups in total. The summed E-state index contributed by atoms with van der Waals surface area (Å²) >= 11 is 6.88. The lowest BCUT2D eigenvalue weighted by atomic mass is 9.87. The van der Waals surface area contributed by atoms with Gasteiger partial charge in [0.2, 0.25) is 0 Å². The molecule has 5 aromatic carbocycles. The molecular formula is C46H47ClO7. The first-order valence-corrected chi connectivity index (χ1v) is 19.2. The molecule has 1 aliphatic carbocycles. The van der Waals surface area contributed by atoms with E-state index in [0.29, 0.717) is 44.3 Å². The molecule has 0 radical (unpaired) electrons. The average molecular weight is 747 g/mol. The maximum atomic E-state index is 13.5. The Morgan fingerprint density at radius 3 is 1.83 bits per heavy atom. The third-order valence-electron chi connectivity index (χ3n) is 10.1. The molecule has 6 atom stereocenters. The standard InChI is InChI=1S/C46H47ClO7/c1-3-49-38-23-20-32(21-24-38)26-37-27-36(22-25-40(37)47)41-42(51-29-33-14-8-5-9-15-33)43(52-30-34-16-10-6-11-17-34)44(53-31-35-18-12-7-13-19-35)46(54-41)28-39(46)45(48)50-4-2/h5-25,27,39,41-44H,3-4,26,28-31H2,1-2H3. The van der Waals surface area contributed by atoms with Crippen LogP contribution in [0.4, 0.5) is 0 Å². The molecule has 7 nitrogen and oxygen atoms in total. The van der Waals surface area contributed by atoms with Crippen molar-refractivity contribution in [2.24, 2.45) is 5.92 Å². The van der Waals surface area contributed by atoms with Gasteiger partial charge in [0.1, 0.15) is 35.8 Å². The van der Waals surface area contributed by atoms with Crippen LogP contribution >= 0.6 is 11.6 Å². The molecule has 1 saturated carbocycles. The van der Waals surface area contributed by atoms with Crippen molar-refractivity contribution in [3.05, 3.63) is 172 Å². The summed E-state index contributed by atoms with van der Waals surface area (Å²) in [6, 6.07) is 44.2. The first-order valence-electron chi connectivity index (χ1n) is 18.8. The Bertz CT molecular complexity index is 1940. The van der Waals surface area contributed by atoms with Gasteiger partial charge in [-0.1, -0.05) is 127 Å². The largest absolute Gasteiger partial charge is 0.494 e. The highest BCUT2D eigenvalue weighted by atomic mass is 35.5. The molecule has 1 spiro atoms. The zero-order valence-electron chi connectivity index (χ0n) is 30.8. The second kappa shape index (κ2) is 17.8. The van der Waals surface area contributed by atoms with Crippen LogP contribution in [0.25, 0.3) is 0 Å². The van der Waals surface area contributed by atoms with Gasteiger partial charge < -0.3 is 28.4 Å². The minimum Gasteiger partial charge on any atom is -0.494 e. The molecule has 1 saturated heterocycles. The van der Waals surface area contributed by atoms with Crippen LogP contribution < -0.4 is 4.74 Å². The first kappa shape index (κ1) is 37.8. The van der Waals surface area contributed by atoms with Crippen LogP contribution in [0.1, 0.15) is 59.8 Å². The maximum absolute atomic E-state index is 13.5. The van der Waals surface area contributed by atoms with Crippen LogP contribution in [0, 0.1) is 5.92 Å². The summed E-state index contributed by atoms with van der Waals surface area (Å²) in [5, 5.41) is 0.650. The molecule has 8 heteroatoms. The van der Waals surface area contributed by atoms with Crippen molar-refractivity contribution in [3.63, 3.8) is 0 Å². The molecule has 280 valence electrons. The van der Waals surface area contributed by atoms with Gasteiger partial charge in [-0.3, -0.25) is 4.79 Å². The second-order valence-electron chi connectivity index (χ2n) is 13.8. The maximum Gasteiger partial charge on any atom is 0.312 e. The van der Waals surface area contributed by atoms with E-state index >= 15 is 0 Å². The number of benzene rings is 5. The van der Waals surface area contributed by atoms with Gasteiger partial charge >= 0.3 is 5.97 Å². The van der Waals surface area contributed by atoms with Gasteiger partial charge in [0, 0.05) is 5.02 Å². The van der Waals surface area contributed by atoms with E-state index in [9.17, 15) is 4.79 Å². The summed E-state index contributed by atoms with van der Waals surface area (Å²) < 4.78 is 39.2. The summed E-state index contributed by atoms with van der Waals surface area (Å²) in [4.78, 5) is 13.5. The molecule has 0 bridgehead atoms. The Hall–Kier alpha value is -4.50. The Morgan fingerprint density at radius 2 is 1.26 bits per heavy atom. The second-order valence-corrected chi connectivity index (χ2v) is 14.3. The molecule has 6 unspecified atom stereocenters. The van der Waals surface area contributed by atoms with Gasteiger partial charge in [-0.2, -0.15) is 0 Å². The van der Waals surface area contributed by atoms with E-state index in [-0.39, 0.29) is 12.6 Å². The van der Waals surface area contributed by atoms with Crippen molar-refractivity contribution < 1.29 is 33.2 Å². The van der Waals surface area contributed by atoms with Crippen LogP contribution in [0.2, 0.25) is 5.02 Å². The van der Waals surface area contributed by atoms with Crippen LogP contribution in [0.15, 0.2) is 133 Å². The SMILES string of the molecule is CCOC(=O)C1CC12OC(c1ccc(Cl)c(Cc3ccc(OCC)cc3)c1)C(OCc1ccccc1)C(OCc1ccccc1)C2OCc1ccccc1. The smallest absolute Gasteiger partial charge is 0.312 e. The Morgan fingerprint density at radius 1 is 0.685 bits per heavy atom. The minimum absolute atomic E-state index is 0.271. The van der Waals surface area contributed by atoms with Gasteiger partial charge in [-0.05, 0) is 78.3 Å². The lowest BCUT2D eigenvalue weighted by molar-refractivity contribution is -0.280. The number of ether oxygens (including phenoxy) is 6. The van der Waals surface area contributed by atoms with Crippen LogP contribution in [0.5, 0.6) is 5.75 Å². The van der Waals surface area contributed by atoms with Crippen molar-refractivity contribution in [2.45, 2.75) is 76.5 Å². The monoisotopic (exact) mass is 746 g/mol. The highest BCUT2D eigenvalue weighted by molar-refractivity contribution is 6.31. The third-order valence-corrected chi connectivity index (χ3v) is 10.5. The Labute approximate surface area is 323 Å². The first-order chi connectivity index (χ1) is 26.5. The molecule has 2 aliphatic rings. The van der Waals surface area contributed by atoms with E-state index in [2.05, 4.69) is 18.2 Å². The molecular weight excluding hydrogens is 700 g/mol. The van der Waals surface area contributed by atoms with Crippen molar-refractivity contribution in [3.8, 4) is 5.75 Å². The molecule has 54 heavy (non-hydrogen) atoms. The number of halogens is 1. The van der Waals surface area contributed by atoms with Crippen molar-refractivity contribution in [2.75, 3.05) is 13.2 Å². The summed E-state index contributed by atoms with van der Waals surface area (Å²) in [6.07, 6.45) is -1.48. The number of carbonyl (C=O) groups is 1. The van der Waals surface area contributed by atoms with Gasteiger partial charge in [-0.25, -0.2) is 0 Å². The van der Waals surface area contributed by atoms with Gasteiger partial charge in [0.15, 0.2) is 0 Å². The van der Waals surface area contributed by atoms with E-state index < -0.39 is 35.9 Å². The molecule has 0 aromatic heterocycles. The number of rotatable bonds is 16. The average Bonchev–Trinajstić information content (AvgIpc) is 3.93. The zero-order chi connectivity index (χ0) is 37.3. The molecule has 0 amide bonds. The zero-order valence-corrected chi connectivity index (χ0v) is 31.5. The van der Waals surface area contributed by atoms with E-state index in [4.69, 9.17) is 40.0 Å². The van der Waals surface area contributed by atoms with Gasteiger partial charge in [0.25, 0.3) is 0 Å². The summed E-state index contributed by atoms with van der Waals surface area (Å²) in [6.45, 7) is 5.61. The van der Waals surface area contributed by atoms with Crippen molar-refractivity contribution in [1.82, 2.24) is 0 Å². The molecule has 1 aliphatic heterocycles. The highest BCUT2D eigenvalue weighted by Gasteiger charge is 2.72. The van der Waals surface area contributed by atoms with E-state index in [1.54, 1.807) is 0 Å². The number of hydrogen-bond donors (Lipinski definition) is 0. The molecule has 7 rings (SSSR count). The Kier molecular flexibility index (Phi) is 12.4. The van der Waals surface area contributed by atoms with E-state index in [1.165, 1.54) is 0 Å². The lowest BCUT2D eigenvalue weighted by Crippen LogP contribution is -2.59. The Balaban J connectivity index is 1.29. The van der Waals surface area contributed by atoms with Crippen molar-refractivity contribution >= 4 is 17.6 Å². The quantitative estimate of drug-likeness (QED) is 0.0932. The fraction of sp³-hybridized carbons (Fsp3) is 0.326. The number of carbonyl (C=O) groups excluding carboxylic acids is 1. The minimum atomic E-state index is -1.01. The summed E-state index contributed by atoms with van der Waals surface area (Å²) in [5.74, 6) is -0.0110. The summed E-state index contributed by atoms with van der Waals surface area (Å²) in [5.41, 5.74) is 4.95. The number of hydrogen-bond acceptors (Lipinski definition) is 7. The fourth-order valence-electron chi connectivity index (χ4n) is 7.37. The van der Waals surface area contributed by atoms with Crippen LogP contribution in [-0.2, 0) is 54.7 Å². The number of esters is 1. The third kappa shape index (κ3) is 8.89. The molecule has 5 aromatic rings. The van der Waals surface area contributed by atoms with Gasteiger partial charge in [-0.15, -0.1) is 0 Å². The highest BCUT2D eigenvalue weighted by Crippen LogP contribution is 2.59. The van der Waals surface area contributed by atoms with Gasteiger partial charge in [0.05, 0.1) is 39.0 Å². The predicted octanol–water partition coefficient (Wildman–Crippen LogP) is 9.48. The fourth-order valence-corrected chi connectivity index (χ4v) is 7.56. The normalized spacial score (nSPS) is 23.2. The predicted molar refractivity (Wildman–Crippen MR) is 208 cm³/mol. The molecule has 2 fully saturated rings. The van der Waals surface area contributed by atoms with E-state index in [1.807, 2.05) is 129 Å².